The van der Waals surface area contributed by atoms with Crippen LogP contribution in [0, 0.1) is 0 Å². The average molecular weight is 407 g/mol. The van der Waals surface area contributed by atoms with Crippen molar-refractivity contribution in [3.05, 3.63) is 54.1 Å². The number of rotatable bonds is 10. The van der Waals surface area contributed by atoms with Gasteiger partial charge in [-0.1, -0.05) is 13.0 Å². The molecule has 0 N–H and O–H groups in total. The Labute approximate surface area is 165 Å². The number of carbonyl (C=O) groups excluding carboxylic acids is 1. The number of hydrogen-bond acceptors (Lipinski definition) is 6. The normalized spacial score (nSPS) is 11.3. The molecule has 0 saturated carbocycles. The quantitative estimate of drug-likeness (QED) is 0.445. The lowest BCUT2D eigenvalue weighted by Gasteiger charge is -2.12. The Morgan fingerprint density at radius 3 is 2.11 bits per heavy atom. The van der Waals surface area contributed by atoms with Crippen LogP contribution in [0.15, 0.2) is 53.4 Å². The SMILES string of the molecule is CCCOc1ccc(OCCOC(=O)c2cccc(S(=O)(=O)N(C)C)c2)cc1. The van der Waals surface area contributed by atoms with Gasteiger partial charge in [0.05, 0.1) is 17.1 Å². The molecule has 8 heteroatoms. The van der Waals surface area contributed by atoms with Crippen molar-refractivity contribution in [2.24, 2.45) is 0 Å². The first kappa shape index (κ1) is 21.7. The van der Waals surface area contributed by atoms with E-state index in [2.05, 4.69) is 0 Å². The van der Waals surface area contributed by atoms with Gasteiger partial charge in [-0.3, -0.25) is 0 Å². The topological polar surface area (TPSA) is 82.1 Å². The molecule has 0 aliphatic rings. The van der Waals surface area contributed by atoms with Crippen LogP contribution < -0.4 is 9.47 Å². The van der Waals surface area contributed by atoms with Crippen molar-refractivity contribution in [3.8, 4) is 11.5 Å². The first-order valence-corrected chi connectivity index (χ1v) is 10.3. The van der Waals surface area contributed by atoms with Gasteiger partial charge >= 0.3 is 5.97 Å². The molecule has 28 heavy (non-hydrogen) atoms. The second-order valence-electron chi connectivity index (χ2n) is 6.12. The van der Waals surface area contributed by atoms with Crippen LogP contribution in [0.1, 0.15) is 23.7 Å². The number of carbonyl (C=O) groups is 1. The van der Waals surface area contributed by atoms with Gasteiger partial charge < -0.3 is 14.2 Å². The molecule has 2 aromatic carbocycles. The highest BCUT2D eigenvalue weighted by Crippen LogP contribution is 2.18. The zero-order valence-electron chi connectivity index (χ0n) is 16.3. The zero-order chi connectivity index (χ0) is 20.6. The van der Waals surface area contributed by atoms with E-state index >= 15 is 0 Å². The van der Waals surface area contributed by atoms with E-state index < -0.39 is 16.0 Å². The standard InChI is InChI=1S/C20H25NO6S/c1-4-12-25-17-8-10-18(11-9-17)26-13-14-27-20(22)16-6-5-7-19(15-16)28(23,24)21(2)3/h5-11,15H,4,12-14H2,1-3H3. The van der Waals surface area contributed by atoms with Crippen LogP contribution in [-0.4, -0.2) is 52.6 Å². The second-order valence-corrected chi connectivity index (χ2v) is 8.27. The highest BCUT2D eigenvalue weighted by atomic mass is 32.2. The van der Waals surface area contributed by atoms with Crippen LogP contribution in [0.3, 0.4) is 0 Å². The number of hydrogen-bond donors (Lipinski definition) is 0. The van der Waals surface area contributed by atoms with E-state index in [1.807, 2.05) is 19.1 Å². The Balaban J connectivity index is 1.84. The zero-order valence-corrected chi connectivity index (χ0v) is 17.1. The molecule has 0 fully saturated rings. The summed E-state index contributed by atoms with van der Waals surface area (Å²) in [6.45, 7) is 2.91. The molecule has 2 aromatic rings. The predicted octanol–water partition coefficient (Wildman–Crippen LogP) is 2.96. The molecule has 0 radical (unpaired) electrons. The van der Waals surface area contributed by atoms with Crippen molar-refractivity contribution in [2.45, 2.75) is 18.2 Å². The van der Waals surface area contributed by atoms with Crippen molar-refractivity contribution in [1.82, 2.24) is 4.31 Å². The summed E-state index contributed by atoms with van der Waals surface area (Å²) in [6.07, 6.45) is 0.938. The first-order valence-electron chi connectivity index (χ1n) is 8.90. The van der Waals surface area contributed by atoms with Gasteiger partial charge in [-0.05, 0) is 48.9 Å². The van der Waals surface area contributed by atoms with Crippen LogP contribution in [0.5, 0.6) is 11.5 Å². The molecule has 152 valence electrons. The van der Waals surface area contributed by atoms with Gasteiger partial charge in [0.1, 0.15) is 24.7 Å². The lowest BCUT2D eigenvalue weighted by atomic mass is 10.2. The van der Waals surface area contributed by atoms with Gasteiger partial charge in [-0.15, -0.1) is 0 Å². The van der Waals surface area contributed by atoms with Crippen molar-refractivity contribution in [1.29, 1.82) is 0 Å². The minimum atomic E-state index is -3.61. The summed E-state index contributed by atoms with van der Waals surface area (Å²) in [5.74, 6) is 0.801. The van der Waals surface area contributed by atoms with Crippen LogP contribution in [0.4, 0.5) is 0 Å². The van der Waals surface area contributed by atoms with Gasteiger partial charge in [0, 0.05) is 14.1 Å². The lowest BCUT2D eigenvalue weighted by molar-refractivity contribution is 0.0450. The molecule has 0 amide bonds. The molecule has 0 aliphatic heterocycles. The summed E-state index contributed by atoms with van der Waals surface area (Å²) in [6, 6.07) is 12.9. The summed E-state index contributed by atoms with van der Waals surface area (Å²) < 4.78 is 41.6. The van der Waals surface area contributed by atoms with Crippen LogP contribution in [0.2, 0.25) is 0 Å². The van der Waals surface area contributed by atoms with Crippen LogP contribution in [0.25, 0.3) is 0 Å². The van der Waals surface area contributed by atoms with Crippen molar-refractivity contribution < 1.29 is 27.4 Å². The first-order chi connectivity index (χ1) is 13.3. The minimum Gasteiger partial charge on any atom is -0.494 e. The Morgan fingerprint density at radius 1 is 0.929 bits per heavy atom. The highest BCUT2D eigenvalue weighted by Gasteiger charge is 2.19. The number of benzene rings is 2. The van der Waals surface area contributed by atoms with E-state index in [4.69, 9.17) is 14.2 Å². The van der Waals surface area contributed by atoms with E-state index in [0.717, 1.165) is 16.5 Å². The molecule has 7 nitrogen and oxygen atoms in total. The smallest absolute Gasteiger partial charge is 0.338 e. The summed E-state index contributed by atoms with van der Waals surface area (Å²) in [4.78, 5) is 12.2. The molecule has 0 heterocycles. The summed E-state index contributed by atoms with van der Waals surface area (Å²) in [7, 11) is -0.752. The molecule has 2 rings (SSSR count). The number of ether oxygens (including phenoxy) is 3. The molecular weight excluding hydrogens is 382 g/mol. The van der Waals surface area contributed by atoms with E-state index in [-0.39, 0.29) is 23.7 Å². The van der Waals surface area contributed by atoms with Crippen LogP contribution >= 0.6 is 0 Å². The Morgan fingerprint density at radius 2 is 1.54 bits per heavy atom. The van der Waals surface area contributed by atoms with Gasteiger partial charge in [-0.25, -0.2) is 17.5 Å². The lowest BCUT2D eigenvalue weighted by Crippen LogP contribution is -2.22. The fraction of sp³-hybridized carbons (Fsp3) is 0.350. The van der Waals surface area contributed by atoms with E-state index in [1.165, 1.54) is 38.4 Å². The maximum atomic E-state index is 12.2. The van der Waals surface area contributed by atoms with Crippen molar-refractivity contribution >= 4 is 16.0 Å². The van der Waals surface area contributed by atoms with E-state index in [0.29, 0.717) is 12.4 Å². The monoisotopic (exact) mass is 407 g/mol. The number of nitrogens with zero attached hydrogens (tertiary/aromatic N) is 1. The highest BCUT2D eigenvalue weighted by molar-refractivity contribution is 7.89. The molecule has 0 aromatic heterocycles. The second kappa shape index (κ2) is 10.1. The fourth-order valence-corrected chi connectivity index (χ4v) is 3.17. The Kier molecular flexibility index (Phi) is 7.83. The Bertz CT molecular complexity index is 878. The molecule has 0 bridgehead atoms. The Hall–Kier alpha value is -2.58. The molecule has 0 saturated heterocycles. The summed E-state index contributed by atoms with van der Waals surface area (Å²) in [5, 5.41) is 0. The van der Waals surface area contributed by atoms with Crippen molar-refractivity contribution in [2.75, 3.05) is 33.9 Å². The average Bonchev–Trinajstić information content (AvgIpc) is 2.70. The van der Waals surface area contributed by atoms with Gasteiger partial charge in [0.15, 0.2) is 0 Å². The molecular formula is C20H25NO6S. The summed E-state index contributed by atoms with van der Waals surface area (Å²) >= 11 is 0. The number of sulfonamides is 1. The number of esters is 1. The third-order valence-corrected chi connectivity index (χ3v) is 5.54. The van der Waals surface area contributed by atoms with E-state index in [9.17, 15) is 13.2 Å². The molecule has 0 atom stereocenters. The van der Waals surface area contributed by atoms with Gasteiger partial charge in [0.25, 0.3) is 0 Å². The largest absolute Gasteiger partial charge is 0.494 e. The van der Waals surface area contributed by atoms with E-state index in [1.54, 1.807) is 12.1 Å². The predicted molar refractivity (Wildman–Crippen MR) is 105 cm³/mol. The van der Waals surface area contributed by atoms with Crippen LogP contribution in [-0.2, 0) is 14.8 Å². The molecule has 0 aliphatic carbocycles. The molecule has 0 unspecified atom stereocenters. The third-order valence-electron chi connectivity index (χ3n) is 3.73. The van der Waals surface area contributed by atoms with Gasteiger partial charge in [0.2, 0.25) is 10.0 Å². The third kappa shape index (κ3) is 5.97. The molecule has 0 spiro atoms. The maximum Gasteiger partial charge on any atom is 0.338 e. The van der Waals surface area contributed by atoms with Gasteiger partial charge in [-0.2, -0.15) is 0 Å². The van der Waals surface area contributed by atoms with Crippen molar-refractivity contribution in [3.63, 3.8) is 0 Å². The minimum absolute atomic E-state index is 0.0357. The maximum absolute atomic E-state index is 12.2. The fourth-order valence-electron chi connectivity index (χ4n) is 2.22. The summed E-state index contributed by atoms with van der Waals surface area (Å²) in [5.41, 5.74) is 0.167.